The van der Waals surface area contributed by atoms with Crippen LogP contribution in [0.4, 0.5) is 17.2 Å². The standard InChI is InChI=1S/C23H29N7O/c1-28-14-16-12-20(21(13-19(16)27-28)29-9-3-2-4-10-29)26-23(31)18-6-5-7-22(25-18)30-11-8-17(24)15-30/h5-7,12-14,17H,2-4,8-11,15,24H2,1H3,(H,26,31). The molecule has 1 amide bonds. The largest absolute Gasteiger partial charge is 0.370 e. The van der Waals surface area contributed by atoms with Crippen molar-refractivity contribution >= 4 is 34.0 Å². The molecule has 2 aliphatic heterocycles. The maximum Gasteiger partial charge on any atom is 0.274 e. The second kappa shape index (κ2) is 8.19. The third-order valence-electron chi connectivity index (χ3n) is 6.20. The second-order valence-electron chi connectivity index (χ2n) is 8.61. The van der Waals surface area contributed by atoms with Crippen LogP contribution in [0.1, 0.15) is 36.2 Å². The van der Waals surface area contributed by atoms with E-state index in [1.807, 2.05) is 36.1 Å². The van der Waals surface area contributed by atoms with Crippen LogP contribution in [-0.2, 0) is 7.05 Å². The van der Waals surface area contributed by atoms with E-state index in [9.17, 15) is 4.79 Å². The molecule has 0 spiro atoms. The third-order valence-corrected chi connectivity index (χ3v) is 6.20. The van der Waals surface area contributed by atoms with Gasteiger partial charge in [0.25, 0.3) is 5.91 Å². The van der Waals surface area contributed by atoms with E-state index < -0.39 is 0 Å². The Morgan fingerprint density at radius 2 is 1.97 bits per heavy atom. The quantitative estimate of drug-likeness (QED) is 0.676. The van der Waals surface area contributed by atoms with Gasteiger partial charge < -0.3 is 20.9 Å². The lowest BCUT2D eigenvalue weighted by atomic mass is 10.1. The predicted octanol–water partition coefficient (Wildman–Crippen LogP) is 2.75. The predicted molar refractivity (Wildman–Crippen MR) is 124 cm³/mol. The summed E-state index contributed by atoms with van der Waals surface area (Å²) < 4.78 is 1.81. The van der Waals surface area contributed by atoms with Gasteiger partial charge in [0.2, 0.25) is 0 Å². The van der Waals surface area contributed by atoms with Crippen LogP contribution < -0.4 is 20.9 Å². The van der Waals surface area contributed by atoms with Gasteiger partial charge in [-0.1, -0.05) is 6.07 Å². The molecule has 1 unspecified atom stereocenters. The zero-order valence-corrected chi connectivity index (χ0v) is 17.9. The van der Waals surface area contributed by atoms with Crippen LogP contribution in [0.5, 0.6) is 0 Å². The van der Waals surface area contributed by atoms with Crippen molar-refractivity contribution < 1.29 is 4.79 Å². The minimum absolute atomic E-state index is 0.164. The maximum absolute atomic E-state index is 13.2. The molecule has 0 aliphatic carbocycles. The number of hydrogen-bond donors (Lipinski definition) is 2. The van der Waals surface area contributed by atoms with Crippen molar-refractivity contribution in [3.05, 3.63) is 42.2 Å². The minimum atomic E-state index is -0.202. The number of amides is 1. The van der Waals surface area contributed by atoms with Gasteiger partial charge in [-0.25, -0.2) is 4.98 Å². The first-order chi connectivity index (χ1) is 15.1. The van der Waals surface area contributed by atoms with Crippen molar-refractivity contribution in [2.75, 3.05) is 41.3 Å². The monoisotopic (exact) mass is 419 g/mol. The summed E-state index contributed by atoms with van der Waals surface area (Å²) in [5, 5.41) is 8.69. The Balaban J connectivity index is 1.44. The van der Waals surface area contributed by atoms with E-state index in [-0.39, 0.29) is 11.9 Å². The van der Waals surface area contributed by atoms with Crippen LogP contribution in [0.3, 0.4) is 0 Å². The summed E-state index contributed by atoms with van der Waals surface area (Å²) in [6.45, 7) is 3.62. The summed E-state index contributed by atoms with van der Waals surface area (Å²) in [7, 11) is 1.92. The van der Waals surface area contributed by atoms with Crippen molar-refractivity contribution in [2.45, 2.75) is 31.7 Å². The fourth-order valence-electron chi connectivity index (χ4n) is 4.59. The second-order valence-corrected chi connectivity index (χ2v) is 8.61. The summed E-state index contributed by atoms with van der Waals surface area (Å²) >= 11 is 0. The van der Waals surface area contributed by atoms with Crippen LogP contribution in [0.25, 0.3) is 10.9 Å². The highest BCUT2D eigenvalue weighted by Gasteiger charge is 2.22. The van der Waals surface area contributed by atoms with Crippen molar-refractivity contribution in [1.29, 1.82) is 0 Å². The number of carbonyl (C=O) groups is 1. The van der Waals surface area contributed by atoms with E-state index in [2.05, 4.69) is 31.3 Å². The zero-order chi connectivity index (χ0) is 21.4. The van der Waals surface area contributed by atoms with Crippen molar-refractivity contribution in [2.24, 2.45) is 12.8 Å². The van der Waals surface area contributed by atoms with E-state index in [1.54, 1.807) is 6.07 Å². The molecule has 0 radical (unpaired) electrons. The van der Waals surface area contributed by atoms with Gasteiger partial charge in [0, 0.05) is 50.9 Å². The molecule has 2 saturated heterocycles. The van der Waals surface area contributed by atoms with E-state index in [4.69, 9.17) is 5.73 Å². The number of carbonyl (C=O) groups excluding carboxylic acids is 1. The molecule has 3 aromatic rings. The highest BCUT2D eigenvalue weighted by Crippen LogP contribution is 2.33. The Labute approximate surface area is 182 Å². The number of piperidine rings is 1. The molecule has 3 N–H and O–H groups in total. The number of benzene rings is 1. The van der Waals surface area contributed by atoms with Crippen molar-refractivity contribution in [1.82, 2.24) is 14.8 Å². The summed E-state index contributed by atoms with van der Waals surface area (Å²) in [6, 6.07) is 9.86. The number of nitrogens with two attached hydrogens (primary N) is 1. The molecule has 2 aromatic heterocycles. The molecule has 0 saturated carbocycles. The Bertz CT molecular complexity index is 1100. The Morgan fingerprint density at radius 1 is 1.13 bits per heavy atom. The van der Waals surface area contributed by atoms with Gasteiger partial charge in [0.05, 0.1) is 16.9 Å². The molecule has 8 heteroatoms. The Hall–Kier alpha value is -3.13. The topological polar surface area (TPSA) is 92.3 Å². The van der Waals surface area contributed by atoms with E-state index in [1.165, 1.54) is 6.42 Å². The third kappa shape index (κ3) is 4.07. The van der Waals surface area contributed by atoms with Crippen LogP contribution in [0.15, 0.2) is 36.5 Å². The van der Waals surface area contributed by atoms with Gasteiger partial charge in [-0.05, 0) is 49.9 Å². The van der Waals surface area contributed by atoms with E-state index >= 15 is 0 Å². The van der Waals surface area contributed by atoms with Gasteiger partial charge >= 0.3 is 0 Å². The molecule has 4 heterocycles. The number of nitrogens with one attached hydrogen (secondary N) is 1. The first kappa shape index (κ1) is 19.8. The number of hydrogen-bond acceptors (Lipinski definition) is 6. The highest BCUT2D eigenvalue weighted by atomic mass is 16.1. The molecule has 0 bridgehead atoms. The molecule has 1 aromatic carbocycles. The molecule has 8 nitrogen and oxygen atoms in total. The van der Waals surface area contributed by atoms with Gasteiger partial charge in [-0.3, -0.25) is 9.48 Å². The van der Waals surface area contributed by atoms with Crippen LogP contribution in [-0.4, -0.2) is 52.9 Å². The lowest BCUT2D eigenvalue weighted by molar-refractivity contribution is 0.102. The molecule has 162 valence electrons. The number of rotatable bonds is 4. The molecule has 31 heavy (non-hydrogen) atoms. The van der Waals surface area contributed by atoms with E-state index in [0.29, 0.717) is 5.69 Å². The van der Waals surface area contributed by atoms with E-state index in [0.717, 1.165) is 73.5 Å². The summed E-state index contributed by atoms with van der Waals surface area (Å²) in [4.78, 5) is 22.3. The van der Waals surface area contributed by atoms with Gasteiger partial charge in [-0.15, -0.1) is 0 Å². The zero-order valence-electron chi connectivity index (χ0n) is 17.9. The molecular formula is C23H29N7O. The fourth-order valence-corrected chi connectivity index (χ4v) is 4.59. The highest BCUT2D eigenvalue weighted by molar-refractivity contribution is 6.06. The normalized spacial score (nSPS) is 19.2. The first-order valence-electron chi connectivity index (χ1n) is 11.1. The van der Waals surface area contributed by atoms with Gasteiger partial charge in [0.1, 0.15) is 11.5 Å². The SMILES string of the molecule is Cn1cc2cc(NC(=O)c3cccc(N4CCC(N)C4)n3)c(N3CCCCC3)cc2n1. The van der Waals surface area contributed by atoms with Gasteiger partial charge in [0.15, 0.2) is 0 Å². The number of nitrogens with zero attached hydrogens (tertiary/aromatic N) is 5. The average Bonchev–Trinajstić information content (AvgIpc) is 3.38. The average molecular weight is 420 g/mol. The fraction of sp³-hybridized carbons (Fsp3) is 0.435. The van der Waals surface area contributed by atoms with Crippen LogP contribution in [0, 0.1) is 0 Å². The summed E-state index contributed by atoms with van der Waals surface area (Å²) in [5.41, 5.74) is 9.22. The molecule has 5 rings (SSSR count). The first-order valence-corrected chi connectivity index (χ1v) is 11.1. The van der Waals surface area contributed by atoms with Gasteiger partial charge in [-0.2, -0.15) is 5.10 Å². The van der Waals surface area contributed by atoms with Crippen molar-refractivity contribution in [3.63, 3.8) is 0 Å². The Kier molecular flexibility index (Phi) is 5.23. The minimum Gasteiger partial charge on any atom is -0.370 e. The molecule has 1 atom stereocenters. The lowest BCUT2D eigenvalue weighted by Gasteiger charge is -2.30. The number of pyridine rings is 1. The Morgan fingerprint density at radius 3 is 2.74 bits per heavy atom. The smallest absolute Gasteiger partial charge is 0.274 e. The number of aryl methyl sites for hydroxylation is 1. The number of anilines is 3. The number of fused-ring (bicyclic) bond motifs is 1. The lowest BCUT2D eigenvalue weighted by Crippen LogP contribution is -2.30. The van der Waals surface area contributed by atoms with Crippen LogP contribution >= 0.6 is 0 Å². The number of aromatic nitrogens is 3. The van der Waals surface area contributed by atoms with Crippen LogP contribution in [0.2, 0.25) is 0 Å². The maximum atomic E-state index is 13.2. The summed E-state index contributed by atoms with van der Waals surface area (Å²) in [5.74, 6) is 0.603. The summed E-state index contributed by atoms with van der Waals surface area (Å²) in [6.07, 6.45) is 6.49. The molecule has 2 fully saturated rings. The molecule has 2 aliphatic rings. The van der Waals surface area contributed by atoms with Crippen molar-refractivity contribution in [3.8, 4) is 0 Å². The molecular weight excluding hydrogens is 390 g/mol.